The molecule has 0 aliphatic heterocycles. The normalized spacial score (nSPS) is 7.45. The van der Waals surface area contributed by atoms with E-state index in [0.29, 0.717) is 5.95 Å². The molecule has 0 amide bonds. The summed E-state index contributed by atoms with van der Waals surface area (Å²) < 4.78 is 0. The van der Waals surface area contributed by atoms with Crippen molar-refractivity contribution in [3.05, 3.63) is 18.5 Å². The summed E-state index contributed by atoms with van der Waals surface area (Å²) in [4.78, 5) is 9.72. The van der Waals surface area contributed by atoms with Crippen molar-refractivity contribution in [2.75, 3.05) is 19.0 Å². The first kappa shape index (κ1) is 13.7. The molecule has 11 heavy (non-hydrogen) atoms. The van der Waals surface area contributed by atoms with Crippen LogP contribution in [0.15, 0.2) is 12.4 Å². The molecule has 0 radical (unpaired) electrons. The molecule has 56 valence electrons. The standard InChI is InChI=1S/C6H8N3.BrH.Mg/c1-9(2)6-7-4-3-5-8-6;;/h4-5H,1-2H3;1H;/q-1;;+2/p-1. The van der Waals surface area contributed by atoms with Crippen LogP contribution in [0.2, 0.25) is 0 Å². The molecule has 5 heteroatoms. The van der Waals surface area contributed by atoms with Gasteiger partial charge in [-0.3, -0.25) is 9.97 Å². The van der Waals surface area contributed by atoms with Crippen LogP contribution in [-0.4, -0.2) is 47.1 Å². The Hall–Kier alpha value is 0.126. The molecule has 0 N–H and O–H groups in total. The van der Waals surface area contributed by atoms with E-state index in [-0.39, 0.29) is 40.0 Å². The molecule has 0 spiro atoms. The molecule has 0 aromatic carbocycles. The van der Waals surface area contributed by atoms with Crippen molar-refractivity contribution in [1.29, 1.82) is 0 Å². The van der Waals surface area contributed by atoms with E-state index in [1.807, 2.05) is 19.0 Å². The Morgan fingerprint density at radius 3 is 2.00 bits per heavy atom. The van der Waals surface area contributed by atoms with Gasteiger partial charge in [0.2, 0.25) is 5.95 Å². The molecule has 0 aliphatic rings. The SMILES string of the molecule is CN(C)c1nc[c-]cn1.[Br-].[Mg+2]. The fourth-order valence-corrected chi connectivity index (χ4v) is 0.488. The first-order chi connectivity index (χ1) is 4.30. The number of hydrogen-bond acceptors (Lipinski definition) is 3. The van der Waals surface area contributed by atoms with Gasteiger partial charge in [-0.2, -0.15) is 0 Å². The Labute approximate surface area is 93.1 Å². The maximum atomic E-state index is 3.94. The Kier molecular flexibility index (Phi) is 8.48. The van der Waals surface area contributed by atoms with Crippen molar-refractivity contribution in [2.45, 2.75) is 0 Å². The summed E-state index contributed by atoms with van der Waals surface area (Å²) in [6.07, 6.45) is 3.20. The first-order valence-corrected chi connectivity index (χ1v) is 2.66. The zero-order chi connectivity index (χ0) is 6.69. The fourth-order valence-electron chi connectivity index (χ4n) is 0.488. The molecule has 0 unspecified atom stereocenters. The average Bonchev–Trinajstić information content (AvgIpc) is 1.90. The van der Waals surface area contributed by atoms with Crippen molar-refractivity contribution in [2.24, 2.45) is 0 Å². The molecule has 0 saturated heterocycles. The van der Waals surface area contributed by atoms with Gasteiger partial charge in [0.15, 0.2) is 0 Å². The number of rotatable bonds is 1. The molecular formula is C6H8BrMgN3. The molecule has 0 atom stereocenters. The topological polar surface area (TPSA) is 29.0 Å². The van der Waals surface area contributed by atoms with Gasteiger partial charge in [-0.25, -0.2) is 0 Å². The van der Waals surface area contributed by atoms with Gasteiger partial charge in [-0.05, 0) is 0 Å². The van der Waals surface area contributed by atoms with Crippen LogP contribution < -0.4 is 21.9 Å². The van der Waals surface area contributed by atoms with Gasteiger partial charge >= 0.3 is 23.1 Å². The van der Waals surface area contributed by atoms with Crippen LogP contribution in [0, 0.1) is 6.07 Å². The van der Waals surface area contributed by atoms with E-state index in [1.165, 1.54) is 0 Å². The van der Waals surface area contributed by atoms with Crippen molar-refractivity contribution in [3.63, 3.8) is 0 Å². The average molecular weight is 226 g/mol. The second-order valence-electron chi connectivity index (χ2n) is 1.88. The summed E-state index contributed by atoms with van der Waals surface area (Å²) in [5, 5.41) is 0. The van der Waals surface area contributed by atoms with Crippen LogP contribution in [0.25, 0.3) is 0 Å². The summed E-state index contributed by atoms with van der Waals surface area (Å²) in [5.74, 6) is 0.716. The van der Waals surface area contributed by atoms with Crippen molar-refractivity contribution < 1.29 is 17.0 Å². The molecule has 0 bridgehead atoms. The van der Waals surface area contributed by atoms with Gasteiger partial charge in [0.1, 0.15) is 0 Å². The molecule has 1 rings (SSSR count). The summed E-state index contributed by atoms with van der Waals surface area (Å²) in [6.45, 7) is 0. The second kappa shape index (κ2) is 6.81. The van der Waals surface area contributed by atoms with Crippen LogP contribution in [0.3, 0.4) is 0 Å². The van der Waals surface area contributed by atoms with Gasteiger partial charge in [-0.1, -0.05) is 0 Å². The smallest absolute Gasteiger partial charge is 1.00 e. The van der Waals surface area contributed by atoms with Gasteiger partial charge < -0.3 is 27.9 Å². The second-order valence-corrected chi connectivity index (χ2v) is 1.88. The van der Waals surface area contributed by atoms with Crippen LogP contribution in [0.1, 0.15) is 0 Å². The third kappa shape index (κ3) is 4.55. The van der Waals surface area contributed by atoms with E-state index >= 15 is 0 Å². The number of aromatic nitrogens is 2. The van der Waals surface area contributed by atoms with Crippen molar-refractivity contribution >= 4 is 29.0 Å². The predicted molar refractivity (Wildman–Crippen MR) is 40.9 cm³/mol. The summed E-state index contributed by atoms with van der Waals surface area (Å²) in [6, 6.07) is 2.74. The minimum atomic E-state index is 0. The molecule has 1 heterocycles. The van der Waals surface area contributed by atoms with Gasteiger partial charge in [0.25, 0.3) is 0 Å². The largest absolute Gasteiger partial charge is 2.00 e. The molecular weight excluding hydrogens is 218 g/mol. The van der Waals surface area contributed by atoms with Crippen molar-refractivity contribution in [3.8, 4) is 0 Å². The predicted octanol–water partition coefficient (Wildman–Crippen LogP) is -3.03. The van der Waals surface area contributed by atoms with Crippen LogP contribution in [0.4, 0.5) is 5.95 Å². The van der Waals surface area contributed by atoms with Gasteiger partial charge in [0, 0.05) is 14.1 Å². The van der Waals surface area contributed by atoms with Crippen LogP contribution in [0.5, 0.6) is 0 Å². The maximum absolute atomic E-state index is 3.94. The third-order valence-electron chi connectivity index (χ3n) is 0.909. The molecule has 0 saturated carbocycles. The maximum Gasteiger partial charge on any atom is 2.00 e. The van der Waals surface area contributed by atoms with Gasteiger partial charge in [-0.15, -0.1) is 12.4 Å². The number of anilines is 1. The summed E-state index contributed by atoms with van der Waals surface area (Å²) in [7, 11) is 3.80. The fraction of sp³-hybridized carbons (Fsp3) is 0.333. The Bertz CT molecular complexity index is 180. The van der Waals surface area contributed by atoms with E-state index in [2.05, 4.69) is 16.0 Å². The number of hydrogen-bond donors (Lipinski definition) is 0. The zero-order valence-corrected chi connectivity index (χ0v) is 9.58. The molecule has 1 aromatic heterocycles. The minimum Gasteiger partial charge on any atom is -1.00 e. The van der Waals surface area contributed by atoms with Crippen LogP contribution >= 0.6 is 0 Å². The van der Waals surface area contributed by atoms with E-state index < -0.39 is 0 Å². The van der Waals surface area contributed by atoms with E-state index in [1.54, 1.807) is 12.4 Å². The summed E-state index contributed by atoms with van der Waals surface area (Å²) in [5.41, 5.74) is 0. The first-order valence-electron chi connectivity index (χ1n) is 2.66. The molecule has 0 fully saturated rings. The quantitative estimate of drug-likeness (QED) is 0.377. The Morgan fingerprint density at radius 2 is 1.73 bits per heavy atom. The number of halogens is 1. The molecule has 0 aliphatic carbocycles. The van der Waals surface area contributed by atoms with Gasteiger partial charge in [0.05, 0.1) is 0 Å². The number of nitrogens with zero attached hydrogens (tertiary/aromatic N) is 3. The molecule has 3 nitrogen and oxygen atoms in total. The van der Waals surface area contributed by atoms with E-state index in [4.69, 9.17) is 0 Å². The minimum absolute atomic E-state index is 0. The third-order valence-corrected chi connectivity index (χ3v) is 0.909. The summed E-state index contributed by atoms with van der Waals surface area (Å²) >= 11 is 0. The monoisotopic (exact) mass is 225 g/mol. The Morgan fingerprint density at radius 1 is 1.27 bits per heavy atom. The van der Waals surface area contributed by atoms with Crippen LogP contribution in [-0.2, 0) is 0 Å². The zero-order valence-electron chi connectivity index (χ0n) is 6.58. The van der Waals surface area contributed by atoms with Crippen molar-refractivity contribution in [1.82, 2.24) is 9.97 Å². The van der Waals surface area contributed by atoms with E-state index in [0.717, 1.165) is 0 Å². The Balaban J connectivity index is 0. The molecule has 1 aromatic rings. The van der Waals surface area contributed by atoms with E-state index in [9.17, 15) is 0 Å².